The van der Waals surface area contributed by atoms with E-state index in [4.69, 9.17) is 0 Å². The molecule has 4 aromatic rings. The van der Waals surface area contributed by atoms with E-state index in [0.29, 0.717) is 28.1 Å². The number of pyridine rings is 1. The molecule has 2 aromatic carbocycles. The molecule has 3 N–H and O–H groups in total. The van der Waals surface area contributed by atoms with E-state index in [9.17, 15) is 14.7 Å². The van der Waals surface area contributed by atoms with Crippen LogP contribution in [0, 0.1) is 6.92 Å². The second-order valence-corrected chi connectivity index (χ2v) is 6.78. The number of aromatic amines is 1. The van der Waals surface area contributed by atoms with Crippen LogP contribution in [0.1, 0.15) is 22.8 Å². The van der Waals surface area contributed by atoms with Crippen molar-refractivity contribution in [1.29, 1.82) is 0 Å². The number of aromatic nitrogens is 3. The molecule has 0 unspecified atom stereocenters. The zero-order valence-corrected chi connectivity index (χ0v) is 15.9. The molecular formula is C22H18N4O3. The summed E-state index contributed by atoms with van der Waals surface area (Å²) in [5.74, 6) is -1.21. The summed E-state index contributed by atoms with van der Waals surface area (Å²) in [6.07, 6.45) is 0. The SMILES string of the molecule is CC(=O)Nc1ccc(-c2cc(C(=O)O)c3c(-c4ccc(C)cc4)[nH]nc3n2)cc1. The van der Waals surface area contributed by atoms with Crippen LogP contribution in [0.5, 0.6) is 0 Å². The van der Waals surface area contributed by atoms with Crippen molar-refractivity contribution < 1.29 is 14.7 Å². The number of H-pyrrole nitrogens is 1. The lowest BCUT2D eigenvalue weighted by Gasteiger charge is -2.07. The highest BCUT2D eigenvalue weighted by Crippen LogP contribution is 2.31. The van der Waals surface area contributed by atoms with Crippen LogP contribution in [0.4, 0.5) is 5.69 Å². The number of carboxylic acids is 1. The second kappa shape index (κ2) is 7.20. The Labute approximate surface area is 166 Å². The van der Waals surface area contributed by atoms with Gasteiger partial charge in [0, 0.05) is 23.7 Å². The van der Waals surface area contributed by atoms with Crippen molar-refractivity contribution in [2.45, 2.75) is 13.8 Å². The van der Waals surface area contributed by atoms with Gasteiger partial charge < -0.3 is 10.4 Å². The Morgan fingerprint density at radius 2 is 1.66 bits per heavy atom. The molecule has 0 aliphatic carbocycles. The Hall–Kier alpha value is -4.00. The maximum Gasteiger partial charge on any atom is 0.336 e. The first kappa shape index (κ1) is 18.4. The van der Waals surface area contributed by atoms with Gasteiger partial charge in [-0.3, -0.25) is 9.89 Å². The minimum atomic E-state index is -1.05. The molecule has 2 aromatic heterocycles. The molecule has 0 spiro atoms. The molecule has 0 saturated heterocycles. The summed E-state index contributed by atoms with van der Waals surface area (Å²) >= 11 is 0. The Morgan fingerprint density at radius 3 is 2.28 bits per heavy atom. The lowest BCUT2D eigenvalue weighted by Crippen LogP contribution is -2.05. The molecule has 2 heterocycles. The molecule has 0 saturated carbocycles. The lowest BCUT2D eigenvalue weighted by molar-refractivity contribution is -0.114. The number of carbonyl (C=O) groups is 2. The van der Waals surface area contributed by atoms with Gasteiger partial charge in [0.2, 0.25) is 5.91 Å². The first-order chi connectivity index (χ1) is 13.9. The third kappa shape index (κ3) is 3.58. The van der Waals surface area contributed by atoms with E-state index in [1.165, 1.54) is 6.92 Å². The van der Waals surface area contributed by atoms with Gasteiger partial charge in [0.1, 0.15) is 0 Å². The number of carbonyl (C=O) groups excluding carboxylic acids is 1. The number of nitrogens with one attached hydrogen (secondary N) is 2. The number of anilines is 1. The average molecular weight is 386 g/mol. The van der Waals surface area contributed by atoms with Crippen molar-refractivity contribution in [3.8, 4) is 22.5 Å². The molecule has 0 radical (unpaired) electrons. The summed E-state index contributed by atoms with van der Waals surface area (Å²) in [7, 11) is 0. The van der Waals surface area contributed by atoms with Gasteiger partial charge in [-0.05, 0) is 25.1 Å². The van der Waals surface area contributed by atoms with Crippen molar-refractivity contribution in [3.63, 3.8) is 0 Å². The number of hydrogen-bond donors (Lipinski definition) is 3. The quantitative estimate of drug-likeness (QED) is 0.486. The molecule has 4 rings (SSSR count). The van der Waals surface area contributed by atoms with Crippen molar-refractivity contribution in [1.82, 2.24) is 15.2 Å². The van der Waals surface area contributed by atoms with Crippen LogP contribution in [0.25, 0.3) is 33.5 Å². The number of aromatic carboxylic acids is 1. The predicted molar refractivity (Wildman–Crippen MR) is 111 cm³/mol. The minimum absolute atomic E-state index is 0.125. The van der Waals surface area contributed by atoms with Gasteiger partial charge in [0.05, 0.1) is 22.3 Å². The summed E-state index contributed by atoms with van der Waals surface area (Å²) < 4.78 is 0. The smallest absolute Gasteiger partial charge is 0.336 e. The third-order valence-electron chi connectivity index (χ3n) is 4.60. The van der Waals surface area contributed by atoms with E-state index in [0.717, 1.165) is 16.7 Å². The summed E-state index contributed by atoms with van der Waals surface area (Å²) in [5.41, 5.74) is 4.91. The number of benzene rings is 2. The first-order valence-electron chi connectivity index (χ1n) is 9.00. The van der Waals surface area contributed by atoms with Gasteiger partial charge in [0.25, 0.3) is 0 Å². The summed E-state index contributed by atoms with van der Waals surface area (Å²) in [4.78, 5) is 27.7. The van der Waals surface area contributed by atoms with Crippen molar-refractivity contribution >= 4 is 28.6 Å². The average Bonchev–Trinajstić information content (AvgIpc) is 3.12. The van der Waals surface area contributed by atoms with Crippen LogP contribution in [0.2, 0.25) is 0 Å². The van der Waals surface area contributed by atoms with E-state index in [-0.39, 0.29) is 11.5 Å². The number of rotatable bonds is 4. The molecule has 29 heavy (non-hydrogen) atoms. The Balaban J connectivity index is 1.83. The van der Waals surface area contributed by atoms with E-state index < -0.39 is 5.97 Å². The van der Waals surface area contributed by atoms with Crippen molar-refractivity contribution in [2.75, 3.05) is 5.32 Å². The molecule has 0 atom stereocenters. The number of nitrogens with zero attached hydrogens (tertiary/aromatic N) is 2. The molecule has 1 amide bonds. The molecule has 7 nitrogen and oxygen atoms in total. The van der Waals surface area contributed by atoms with E-state index in [2.05, 4.69) is 20.5 Å². The Morgan fingerprint density at radius 1 is 1.00 bits per heavy atom. The number of aryl methyl sites for hydroxylation is 1. The predicted octanol–water partition coefficient (Wildman–Crippen LogP) is 4.26. The van der Waals surface area contributed by atoms with Gasteiger partial charge in [-0.1, -0.05) is 42.0 Å². The Kier molecular flexibility index (Phi) is 4.56. The lowest BCUT2D eigenvalue weighted by atomic mass is 10.0. The van der Waals surface area contributed by atoms with E-state index in [1.807, 2.05) is 31.2 Å². The number of carboxylic acid groups (broad SMARTS) is 1. The maximum absolute atomic E-state index is 12.0. The topological polar surface area (TPSA) is 108 Å². The van der Waals surface area contributed by atoms with Gasteiger partial charge in [0.15, 0.2) is 5.65 Å². The van der Waals surface area contributed by atoms with Gasteiger partial charge in [-0.15, -0.1) is 0 Å². The zero-order chi connectivity index (χ0) is 20.5. The summed E-state index contributed by atoms with van der Waals surface area (Å²) in [6.45, 7) is 3.42. The number of fused-ring (bicyclic) bond motifs is 1. The standard InChI is InChI=1S/C22H18N4O3/c1-12-3-5-15(6-4-12)20-19-17(22(28)29)11-18(24-21(19)26-25-20)14-7-9-16(10-8-14)23-13(2)27/h3-11H,1-2H3,(H,23,27)(H,28,29)(H,24,25,26). The Bertz CT molecular complexity index is 1230. The van der Waals surface area contributed by atoms with Gasteiger partial charge in [-0.2, -0.15) is 5.10 Å². The third-order valence-corrected chi connectivity index (χ3v) is 4.60. The molecule has 144 valence electrons. The molecule has 0 aliphatic heterocycles. The largest absolute Gasteiger partial charge is 0.478 e. The minimum Gasteiger partial charge on any atom is -0.478 e. The van der Waals surface area contributed by atoms with Crippen LogP contribution < -0.4 is 5.32 Å². The van der Waals surface area contributed by atoms with Gasteiger partial charge >= 0.3 is 5.97 Å². The van der Waals surface area contributed by atoms with Crippen molar-refractivity contribution in [3.05, 3.63) is 65.7 Å². The molecule has 0 fully saturated rings. The van der Waals surface area contributed by atoms with Gasteiger partial charge in [-0.25, -0.2) is 9.78 Å². The summed E-state index contributed by atoms with van der Waals surface area (Å²) in [6, 6.07) is 16.3. The zero-order valence-electron chi connectivity index (χ0n) is 15.9. The maximum atomic E-state index is 12.0. The van der Waals surface area contributed by atoms with Crippen LogP contribution in [-0.2, 0) is 4.79 Å². The van der Waals surface area contributed by atoms with E-state index >= 15 is 0 Å². The highest BCUT2D eigenvalue weighted by Gasteiger charge is 2.19. The monoisotopic (exact) mass is 386 g/mol. The molecular weight excluding hydrogens is 368 g/mol. The fraction of sp³-hybridized carbons (Fsp3) is 0.0909. The number of amides is 1. The van der Waals surface area contributed by atoms with E-state index in [1.54, 1.807) is 30.3 Å². The molecule has 0 bridgehead atoms. The number of hydrogen-bond acceptors (Lipinski definition) is 4. The van der Waals surface area contributed by atoms with Crippen LogP contribution in [0.3, 0.4) is 0 Å². The second-order valence-electron chi connectivity index (χ2n) is 6.78. The fourth-order valence-corrected chi connectivity index (χ4v) is 3.20. The molecule has 0 aliphatic rings. The molecule has 7 heteroatoms. The fourth-order valence-electron chi connectivity index (χ4n) is 3.20. The van der Waals surface area contributed by atoms with Crippen LogP contribution in [0.15, 0.2) is 54.6 Å². The van der Waals surface area contributed by atoms with Crippen LogP contribution in [-0.4, -0.2) is 32.2 Å². The summed E-state index contributed by atoms with van der Waals surface area (Å²) in [5, 5.41) is 20.2. The normalized spacial score (nSPS) is 10.8. The highest BCUT2D eigenvalue weighted by atomic mass is 16.4. The van der Waals surface area contributed by atoms with Crippen LogP contribution >= 0.6 is 0 Å². The first-order valence-corrected chi connectivity index (χ1v) is 9.00. The highest BCUT2D eigenvalue weighted by molar-refractivity contribution is 6.08. The van der Waals surface area contributed by atoms with Crippen molar-refractivity contribution in [2.24, 2.45) is 0 Å².